The molecule has 0 bridgehead atoms. The first kappa shape index (κ1) is 24.6. The summed E-state index contributed by atoms with van der Waals surface area (Å²) >= 11 is 0. The summed E-state index contributed by atoms with van der Waals surface area (Å²) in [6.45, 7) is 2.05. The van der Waals surface area contributed by atoms with Gasteiger partial charge < -0.3 is 11.5 Å². The monoisotopic (exact) mass is 506 g/mol. The number of aryl methyl sites for hydroxylation is 2. The van der Waals surface area contributed by atoms with Crippen LogP contribution in [0.4, 0.5) is 11.6 Å². The fourth-order valence-corrected chi connectivity index (χ4v) is 4.09. The summed E-state index contributed by atoms with van der Waals surface area (Å²) < 4.78 is 3.66. The van der Waals surface area contributed by atoms with Crippen LogP contribution < -0.4 is 17.0 Å². The molecule has 4 heterocycles. The molecule has 1 fully saturated rings. The molecule has 1 saturated carbocycles. The maximum absolute atomic E-state index is 13.1. The van der Waals surface area contributed by atoms with Gasteiger partial charge in [-0.3, -0.25) is 14.0 Å². The molecule has 0 atom stereocenters. The van der Waals surface area contributed by atoms with Crippen molar-refractivity contribution in [1.29, 1.82) is 0 Å². The van der Waals surface area contributed by atoms with Crippen molar-refractivity contribution < 1.29 is 0 Å². The van der Waals surface area contributed by atoms with Crippen LogP contribution in [0, 0.1) is 11.8 Å². The predicted octanol–water partition coefficient (Wildman–Crippen LogP) is 2.53. The highest BCUT2D eigenvalue weighted by molar-refractivity contribution is 5.93. The number of hydrogen-bond acceptors (Lipinski definition) is 9. The normalized spacial score (nSPS) is 12.4. The number of nitrogens with zero attached hydrogens (tertiary/aromatic N) is 8. The van der Waals surface area contributed by atoms with E-state index in [0.29, 0.717) is 22.6 Å². The number of aromatic nitrogens is 8. The molecule has 0 amide bonds. The van der Waals surface area contributed by atoms with Gasteiger partial charge in [0.25, 0.3) is 5.56 Å². The first-order chi connectivity index (χ1) is 18.5. The molecule has 0 spiro atoms. The van der Waals surface area contributed by atoms with E-state index in [9.17, 15) is 4.79 Å². The molecule has 11 nitrogen and oxygen atoms in total. The molecule has 4 N–H and O–H groups in total. The van der Waals surface area contributed by atoms with Crippen LogP contribution in [0.5, 0.6) is 0 Å². The van der Waals surface area contributed by atoms with Crippen LogP contribution in [0.2, 0.25) is 0 Å². The zero-order valence-corrected chi connectivity index (χ0v) is 21.0. The maximum atomic E-state index is 13.1. The van der Waals surface area contributed by atoms with Gasteiger partial charge in [-0.1, -0.05) is 30.9 Å². The minimum atomic E-state index is 0.0869. The van der Waals surface area contributed by atoms with E-state index in [1.54, 1.807) is 23.3 Å². The van der Waals surface area contributed by atoms with Gasteiger partial charge in [0, 0.05) is 43.7 Å². The molecule has 38 heavy (non-hydrogen) atoms. The Labute approximate surface area is 218 Å². The van der Waals surface area contributed by atoms with Crippen LogP contribution in [0.1, 0.15) is 42.8 Å². The van der Waals surface area contributed by atoms with E-state index >= 15 is 0 Å². The standard InChI is InChI=1S/C17H18N4O.C10H8N6/c1-3-15-19-14-6-4-5-13(11-9-18-20(2)10-11)16(14)17(22)21(15)12-7-8-12;11-9-8(10(12)16-6-15-9)2-1-7-3-13-5-14-4-7/h4-6,9-10,12H,3,7-8H2,1-2H3;3-6H,(H4,11,12,15,16). The lowest BCUT2D eigenvalue weighted by atomic mass is 10.0. The lowest BCUT2D eigenvalue weighted by Crippen LogP contribution is -2.24. The molecule has 11 heteroatoms. The molecule has 4 aromatic heterocycles. The van der Waals surface area contributed by atoms with Crippen LogP contribution >= 0.6 is 0 Å². The molecule has 0 unspecified atom stereocenters. The Kier molecular flexibility index (Phi) is 6.78. The summed E-state index contributed by atoms with van der Waals surface area (Å²) in [7, 11) is 1.88. The third-order valence-corrected chi connectivity index (χ3v) is 6.05. The molecule has 0 saturated heterocycles. The van der Waals surface area contributed by atoms with E-state index in [1.165, 1.54) is 12.7 Å². The van der Waals surface area contributed by atoms with Gasteiger partial charge in [-0.05, 0) is 24.5 Å². The Balaban J connectivity index is 0.000000163. The largest absolute Gasteiger partial charge is 0.382 e. The zero-order chi connectivity index (χ0) is 26.6. The Morgan fingerprint density at radius 2 is 1.76 bits per heavy atom. The van der Waals surface area contributed by atoms with Gasteiger partial charge in [-0.15, -0.1) is 0 Å². The van der Waals surface area contributed by atoms with Crippen LogP contribution in [0.3, 0.4) is 0 Å². The number of hydrogen-bond donors (Lipinski definition) is 2. The Bertz CT molecular complexity index is 1710. The van der Waals surface area contributed by atoms with Gasteiger partial charge in [0.2, 0.25) is 0 Å². The molecule has 0 aliphatic heterocycles. The average molecular weight is 507 g/mol. The van der Waals surface area contributed by atoms with Gasteiger partial charge >= 0.3 is 0 Å². The second-order valence-corrected chi connectivity index (χ2v) is 8.79. The smallest absolute Gasteiger partial charge is 0.262 e. The first-order valence-electron chi connectivity index (χ1n) is 12.1. The molecule has 0 radical (unpaired) electrons. The molecule has 5 aromatic rings. The topological polar surface area (TPSA) is 156 Å². The van der Waals surface area contributed by atoms with Gasteiger partial charge in [0.1, 0.15) is 35.7 Å². The molecular weight excluding hydrogens is 480 g/mol. The Morgan fingerprint density at radius 1 is 1.03 bits per heavy atom. The number of fused-ring (bicyclic) bond motifs is 1. The molecule has 1 aliphatic carbocycles. The maximum Gasteiger partial charge on any atom is 0.262 e. The van der Waals surface area contributed by atoms with E-state index in [4.69, 9.17) is 16.5 Å². The number of nitrogen functional groups attached to an aromatic ring is 2. The van der Waals surface area contributed by atoms with Gasteiger partial charge in [-0.2, -0.15) is 5.10 Å². The van der Waals surface area contributed by atoms with Gasteiger partial charge in [-0.25, -0.2) is 24.9 Å². The second kappa shape index (κ2) is 10.5. The van der Waals surface area contributed by atoms with Crippen molar-refractivity contribution in [2.75, 3.05) is 11.5 Å². The fraction of sp³-hybridized carbons (Fsp3) is 0.222. The molecule has 1 aromatic carbocycles. The Morgan fingerprint density at radius 3 is 2.39 bits per heavy atom. The highest BCUT2D eigenvalue weighted by Gasteiger charge is 2.28. The van der Waals surface area contributed by atoms with Crippen LogP contribution in [0.15, 0.2) is 60.4 Å². The molecule has 1 aliphatic rings. The van der Waals surface area contributed by atoms with Crippen LogP contribution in [-0.2, 0) is 13.5 Å². The summed E-state index contributed by atoms with van der Waals surface area (Å²) in [6, 6.07) is 6.19. The van der Waals surface area contributed by atoms with E-state index in [-0.39, 0.29) is 17.2 Å². The zero-order valence-electron chi connectivity index (χ0n) is 21.0. The predicted molar refractivity (Wildman–Crippen MR) is 145 cm³/mol. The summed E-state index contributed by atoms with van der Waals surface area (Å²) in [4.78, 5) is 33.1. The molecule has 6 rings (SSSR count). The van der Waals surface area contributed by atoms with E-state index in [1.807, 2.05) is 36.0 Å². The summed E-state index contributed by atoms with van der Waals surface area (Å²) in [5, 5.41) is 4.93. The third kappa shape index (κ3) is 5.05. The highest BCUT2D eigenvalue weighted by Crippen LogP contribution is 2.35. The van der Waals surface area contributed by atoms with E-state index < -0.39 is 0 Å². The third-order valence-electron chi connectivity index (χ3n) is 6.05. The number of anilines is 2. The average Bonchev–Trinajstić information content (AvgIpc) is 3.67. The lowest BCUT2D eigenvalue weighted by Gasteiger charge is -2.13. The van der Waals surface area contributed by atoms with Crippen molar-refractivity contribution in [3.05, 3.63) is 82.9 Å². The van der Waals surface area contributed by atoms with Crippen molar-refractivity contribution in [1.82, 2.24) is 39.3 Å². The summed E-state index contributed by atoms with van der Waals surface area (Å²) in [5.41, 5.74) is 15.1. The van der Waals surface area contributed by atoms with Gasteiger partial charge in [0.15, 0.2) is 0 Å². The fourth-order valence-electron chi connectivity index (χ4n) is 4.09. The lowest BCUT2D eigenvalue weighted by molar-refractivity contribution is 0.646. The summed E-state index contributed by atoms with van der Waals surface area (Å²) in [5.74, 6) is 7.03. The highest BCUT2D eigenvalue weighted by atomic mass is 16.1. The van der Waals surface area contributed by atoms with E-state index in [0.717, 1.165) is 41.7 Å². The molecule has 190 valence electrons. The van der Waals surface area contributed by atoms with Crippen molar-refractivity contribution in [3.8, 4) is 23.0 Å². The molecular formula is C27H26N10O. The number of benzene rings is 1. The van der Waals surface area contributed by atoms with Crippen molar-refractivity contribution >= 4 is 22.5 Å². The minimum Gasteiger partial charge on any atom is -0.382 e. The van der Waals surface area contributed by atoms with E-state index in [2.05, 4.69) is 43.8 Å². The van der Waals surface area contributed by atoms with Crippen molar-refractivity contribution in [2.45, 2.75) is 32.2 Å². The SMILES string of the molecule is CCc1nc2cccc(-c3cnn(C)c3)c2c(=O)n1C1CC1.Nc1ncnc(N)c1C#Cc1cncnc1. The quantitative estimate of drug-likeness (QED) is 0.351. The van der Waals surface area contributed by atoms with Crippen LogP contribution in [-0.4, -0.2) is 39.3 Å². The second-order valence-electron chi connectivity index (χ2n) is 8.79. The van der Waals surface area contributed by atoms with Crippen LogP contribution in [0.25, 0.3) is 22.0 Å². The van der Waals surface area contributed by atoms with Crippen molar-refractivity contribution in [2.24, 2.45) is 7.05 Å². The summed E-state index contributed by atoms with van der Waals surface area (Å²) in [6.07, 6.45) is 12.6. The first-order valence-corrected chi connectivity index (χ1v) is 12.1. The number of nitrogens with two attached hydrogens (primary N) is 2. The number of rotatable bonds is 3. The minimum absolute atomic E-state index is 0.0869. The Hall–Kier alpha value is -5.11. The van der Waals surface area contributed by atoms with Gasteiger partial charge in [0.05, 0.1) is 22.7 Å². The van der Waals surface area contributed by atoms with Crippen molar-refractivity contribution in [3.63, 3.8) is 0 Å².